The average molecular weight is 129 g/mol. The van der Waals surface area contributed by atoms with Crippen LogP contribution >= 0.6 is 0 Å². The van der Waals surface area contributed by atoms with Gasteiger partial charge < -0.3 is 9.80 Å². The molecule has 0 aromatic carbocycles. The maximum absolute atomic E-state index is 3.75. The SMILES string of the molecule is [CH2]N(C)CCCN(C)C. The van der Waals surface area contributed by atoms with Gasteiger partial charge in [-0.3, -0.25) is 0 Å². The Bertz CT molecular complexity index is 51.9. The van der Waals surface area contributed by atoms with E-state index in [-0.39, 0.29) is 0 Å². The van der Waals surface area contributed by atoms with Crippen molar-refractivity contribution in [3.8, 4) is 0 Å². The van der Waals surface area contributed by atoms with Crippen LogP contribution in [0.2, 0.25) is 0 Å². The van der Waals surface area contributed by atoms with E-state index in [4.69, 9.17) is 0 Å². The van der Waals surface area contributed by atoms with E-state index >= 15 is 0 Å². The van der Waals surface area contributed by atoms with Crippen molar-refractivity contribution in [2.75, 3.05) is 34.2 Å². The van der Waals surface area contributed by atoms with Gasteiger partial charge in [-0.15, -0.1) is 0 Å². The largest absolute Gasteiger partial charge is 0.309 e. The highest BCUT2D eigenvalue weighted by Gasteiger charge is 1.90. The molecule has 0 rings (SSSR count). The zero-order valence-corrected chi connectivity index (χ0v) is 6.72. The molecule has 0 aromatic heterocycles. The van der Waals surface area contributed by atoms with Gasteiger partial charge in [0, 0.05) is 7.05 Å². The first kappa shape index (κ1) is 8.92. The summed E-state index contributed by atoms with van der Waals surface area (Å²) in [5.41, 5.74) is 0. The molecule has 0 heterocycles. The highest BCUT2D eigenvalue weighted by Crippen LogP contribution is 1.85. The van der Waals surface area contributed by atoms with E-state index < -0.39 is 0 Å². The monoisotopic (exact) mass is 129 g/mol. The molecular weight excluding hydrogens is 112 g/mol. The third kappa shape index (κ3) is 7.92. The van der Waals surface area contributed by atoms with E-state index in [0.29, 0.717) is 0 Å². The van der Waals surface area contributed by atoms with E-state index in [1.807, 2.05) is 11.9 Å². The van der Waals surface area contributed by atoms with E-state index in [1.165, 1.54) is 6.42 Å². The molecule has 0 fully saturated rings. The Morgan fingerprint density at radius 3 is 2.00 bits per heavy atom. The molecule has 0 aromatic rings. The lowest BCUT2D eigenvalue weighted by atomic mass is 10.4. The number of rotatable bonds is 4. The van der Waals surface area contributed by atoms with Crippen LogP contribution in [-0.2, 0) is 0 Å². The van der Waals surface area contributed by atoms with Gasteiger partial charge in [0.15, 0.2) is 0 Å². The molecule has 0 amide bonds. The van der Waals surface area contributed by atoms with Crippen LogP contribution in [0.25, 0.3) is 0 Å². The van der Waals surface area contributed by atoms with Crippen LogP contribution in [0.5, 0.6) is 0 Å². The molecule has 0 saturated carbocycles. The summed E-state index contributed by atoms with van der Waals surface area (Å²) in [6.07, 6.45) is 1.20. The molecule has 0 aliphatic heterocycles. The Balaban J connectivity index is 2.91. The molecule has 2 nitrogen and oxygen atoms in total. The first-order valence-corrected chi connectivity index (χ1v) is 3.29. The zero-order chi connectivity index (χ0) is 7.28. The maximum atomic E-state index is 3.75. The Hall–Kier alpha value is -0.0800. The zero-order valence-electron chi connectivity index (χ0n) is 6.72. The van der Waals surface area contributed by atoms with Crippen LogP contribution in [0.1, 0.15) is 6.42 Å². The van der Waals surface area contributed by atoms with Crippen LogP contribution in [0.15, 0.2) is 0 Å². The van der Waals surface area contributed by atoms with Gasteiger partial charge >= 0.3 is 0 Å². The van der Waals surface area contributed by atoms with Crippen molar-refractivity contribution in [3.05, 3.63) is 7.05 Å². The molecule has 0 N–H and O–H groups in total. The summed E-state index contributed by atoms with van der Waals surface area (Å²) in [6, 6.07) is 0. The molecule has 0 atom stereocenters. The molecule has 2 heteroatoms. The fraction of sp³-hybridized carbons (Fsp3) is 0.857. The van der Waals surface area contributed by atoms with Crippen LogP contribution in [0.4, 0.5) is 0 Å². The Kier molecular flexibility index (Phi) is 4.72. The summed E-state index contributed by atoms with van der Waals surface area (Å²) in [6.45, 7) is 2.23. The van der Waals surface area contributed by atoms with Gasteiger partial charge in [0.25, 0.3) is 0 Å². The van der Waals surface area contributed by atoms with Gasteiger partial charge in [0.05, 0.1) is 0 Å². The number of hydrogen-bond acceptors (Lipinski definition) is 2. The molecule has 0 aliphatic carbocycles. The van der Waals surface area contributed by atoms with E-state index in [1.54, 1.807) is 0 Å². The third-order valence-corrected chi connectivity index (χ3v) is 1.15. The van der Waals surface area contributed by atoms with Crippen LogP contribution in [0, 0.1) is 7.05 Å². The van der Waals surface area contributed by atoms with Gasteiger partial charge in [0.1, 0.15) is 0 Å². The molecule has 0 saturated heterocycles. The van der Waals surface area contributed by atoms with E-state index in [0.717, 1.165) is 13.1 Å². The Morgan fingerprint density at radius 2 is 1.67 bits per heavy atom. The minimum absolute atomic E-state index is 1.08. The molecule has 55 valence electrons. The van der Waals surface area contributed by atoms with Gasteiger partial charge in [-0.1, -0.05) is 0 Å². The highest BCUT2D eigenvalue weighted by molar-refractivity contribution is 4.49. The molecule has 9 heavy (non-hydrogen) atoms. The summed E-state index contributed by atoms with van der Waals surface area (Å²) < 4.78 is 0. The summed E-state index contributed by atoms with van der Waals surface area (Å²) >= 11 is 0. The standard InChI is InChI=1S/C7H17N2/c1-8(2)6-5-7-9(3)4/h1,5-7H2,2-4H3. The van der Waals surface area contributed by atoms with Crippen LogP contribution in [0.3, 0.4) is 0 Å². The van der Waals surface area contributed by atoms with Crippen molar-refractivity contribution in [2.45, 2.75) is 6.42 Å². The molecule has 0 spiro atoms. The van der Waals surface area contributed by atoms with Crippen molar-refractivity contribution in [1.29, 1.82) is 0 Å². The topological polar surface area (TPSA) is 6.48 Å². The second kappa shape index (κ2) is 4.77. The predicted molar refractivity (Wildman–Crippen MR) is 41.2 cm³/mol. The summed E-state index contributed by atoms with van der Waals surface area (Å²) in [7, 11) is 9.92. The minimum atomic E-state index is 1.08. The highest BCUT2D eigenvalue weighted by atomic mass is 15.1. The first-order chi connectivity index (χ1) is 4.13. The molecular formula is C7H17N2. The van der Waals surface area contributed by atoms with Crippen molar-refractivity contribution >= 4 is 0 Å². The van der Waals surface area contributed by atoms with Crippen molar-refractivity contribution in [2.24, 2.45) is 0 Å². The lowest BCUT2D eigenvalue weighted by molar-refractivity contribution is 0.355. The lowest BCUT2D eigenvalue weighted by Gasteiger charge is -2.12. The fourth-order valence-electron chi connectivity index (χ4n) is 0.657. The van der Waals surface area contributed by atoms with E-state index in [9.17, 15) is 0 Å². The van der Waals surface area contributed by atoms with Crippen molar-refractivity contribution in [1.82, 2.24) is 9.80 Å². The Labute approximate surface area is 58.4 Å². The molecule has 0 aliphatic rings. The third-order valence-electron chi connectivity index (χ3n) is 1.15. The average Bonchev–Trinajstić information content (AvgIpc) is 1.63. The van der Waals surface area contributed by atoms with Gasteiger partial charge in [0.2, 0.25) is 0 Å². The van der Waals surface area contributed by atoms with Gasteiger partial charge in [-0.05, 0) is 40.7 Å². The number of hydrogen-bond donors (Lipinski definition) is 0. The fourth-order valence-corrected chi connectivity index (χ4v) is 0.657. The number of nitrogens with zero attached hydrogens (tertiary/aromatic N) is 2. The summed E-state index contributed by atoms with van der Waals surface area (Å²) in [5.74, 6) is 0. The normalized spacial score (nSPS) is 11.3. The van der Waals surface area contributed by atoms with Crippen LogP contribution in [-0.4, -0.2) is 44.0 Å². The second-order valence-corrected chi connectivity index (χ2v) is 2.74. The van der Waals surface area contributed by atoms with Gasteiger partial charge in [-0.25, -0.2) is 0 Å². The van der Waals surface area contributed by atoms with Crippen molar-refractivity contribution < 1.29 is 0 Å². The molecule has 0 bridgehead atoms. The van der Waals surface area contributed by atoms with E-state index in [2.05, 4.69) is 26.0 Å². The van der Waals surface area contributed by atoms with Gasteiger partial charge in [-0.2, -0.15) is 0 Å². The Morgan fingerprint density at radius 1 is 1.11 bits per heavy atom. The van der Waals surface area contributed by atoms with Crippen LogP contribution < -0.4 is 0 Å². The summed E-state index contributed by atoms with van der Waals surface area (Å²) in [5, 5.41) is 0. The summed E-state index contributed by atoms with van der Waals surface area (Å²) in [4.78, 5) is 4.15. The predicted octanol–water partition coefficient (Wildman–Crippen LogP) is 0.661. The van der Waals surface area contributed by atoms with Crippen molar-refractivity contribution in [3.63, 3.8) is 0 Å². The minimum Gasteiger partial charge on any atom is -0.309 e. The first-order valence-electron chi connectivity index (χ1n) is 3.29. The smallest absolute Gasteiger partial charge is 0.0106 e. The lowest BCUT2D eigenvalue weighted by Crippen LogP contribution is -2.19. The quantitative estimate of drug-likeness (QED) is 0.550. The molecule has 1 radical (unpaired) electrons. The second-order valence-electron chi connectivity index (χ2n) is 2.74. The molecule has 0 unspecified atom stereocenters. The maximum Gasteiger partial charge on any atom is 0.0106 e.